The van der Waals surface area contributed by atoms with Crippen LogP contribution in [0.4, 0.5) is 5.69 Å². The van der Waals surface area contributed by atoms with Crippen LogP contribution in [0.25, 0.3) is 0 Å². The summed E-state index contributed by atoms with van der Waals surface area (Å²) < 4.78 is 0. The van der Waals surface area contributed by atoms with Crippen molar-refractivity contribution in [1.29, 1.82) is 0 Å². The van der Waals surface area contributed by atoms with E-state index in [1.807, 2.05) is 25.1 Å². The highest BCUT2D eigenvalue weighted by atomic mass is 16.4. The Hall–Kier alpha value is -1.88. The molecule has 0 saturated heterocycles. The van der Waals surface area contributed by atoms with Gasteiger partial charge in [0.25, 0.3) is 0 Å². The van der Waals surface area contributed by atoms with Gasteiger partial charge in [0.05, 0.1) is 12.5 Å². The molecule has 1 aromatic carbocycles. The molecule has 1 unspecified atom stereocenters. The first-order chi connectivity index (χ1) is 9.99. The number of carbonyl (C=O) groups is 2. The quantitative estimate of drug-likeness (QED) is 0.784. The number of carboxylic acid groups (broad SMARTS) is 1. The number of rotatable bonds is 6. The molecule has 0 saturated carbocycles. The summed E-state index contributed by atoms with van der Waals surface area (Å²) in [7, 11) is 1.78. The van der Waals surface area contributed by atoms with Gasteiger partial charge in [0.15, 0.2) is 5.78 Å². The fraction of sp³-hybridized carbons (Fsp3) is 0.500. The van der Waals surface area contributed by atoms with Gasteiger partial charge in [-0.1, -0.05) is 0 Å². The van der Waals surface area contributed by atoms with Crippen LogP contribution in [-0.2, 0) is 11.2 Å². The molecule has 1 atom stereocenters. The minimum Gasteiger partial charge on any atom is -0.481 e. The maximum Gasteiger partial charge on any atom is 0.304 e. The van der Waals surface area contributed by atoms with Gasteiger partial charge in [0.1, 0.15) is 0 Å². The molecular formula is C16H22N2O3. The van der Waals surface area contributed by atoms with E-state index in [1.165, 1.54) is 5.56 Å². The molecule has 0 bridgehead atoms. The predicted molar refractivity (Wildman–Crippen MR) is 81.9 cm³/mol. The highest BCUT2D eigenvalue weighted by molar-refractivity contribution is 6.00. The SMILES string of the molecule is CC(C(=O)c1ccc2c(c1)CCCN2)N(C)CCC(=O)O. The number of aliphatic carboxylic acids is 1. The highest BCUT2D eigenvalue weighted by Gasteiger charge is 2.21. The molecule has 5 nitrogen and oxygen atoms in total. The fourth-order valence-electron chi connectivity index (χ4n) is 2.54. The van der Waals surface area contributed by atoms with Crippen LogP contribution in [0.3, 0.4) is 0 Å². The molecular weight excluding hydrogens is 268 g/mol. The lowest BCUT2D eigenvalue weighted by Crippen LogP contribution is -2.37. The molecule has 21 heavy (non-hydrogen) atoms. The average molecular weight is 290 g/mol. The number of nitrogens with zero attached hydrogens (tertiary/aromatic N) is 1. The smallest absolute Gasteiger partial charge is 0.304 e. The standard InChI is InChI=1S/C16H22N2O3/c1-11(18(2)9-7-15(19)20)16(21)13-5-6-14-12(10-13)4-3-8-17-14/h5-6,10-11,17H,3-4,7-9H2,1-2H3,(H,19,20). The average Bonchev–Trinajstić information content (AvgIpc) is 2.50. The summed E-state index contributed by atoms with van der Waals surface area (Å²) in [5.41, 5.74) is 3.00. The van der Waals surface area contributed by atoms with E-state index >= 15 is 0 Å². The molecule has 2 rings (SSSR count). The summed E-state index contributed by atoms with van der Waals surface area (Å²) in [6.45, 7) is 3.17. The van der Waals surface area contributed by atoms with Crippen LogP contribution in [0.1, 0.15) is 35.7 Å². The number of hydrogen-bond donors (Lipinski definition) is 2. The molecule has 0 amide bonds. The van der Waals surface area contributed by atoms with Crippen molar-refractivity contribution in [3.8, 4) is 0 Å². The second-order valence-corrected chi connectivity index (χ2v) is 5.57. The Kier molecular flexibility index (Phi) is 4.96. The summed E-state index contributed by atoms with van der Waals surface area (Å²) in [5, 5.41) is 12.0. The third kappa shape index (κ3) is 3.82. The van der Waals surface area contributed by atoms with Gasteiger partial charge in [-0.3, -0.25) is 14.5 Å². The zero-order chi connectivity index (χ0) is 15.4. The van der Waals surface area contributed by atoms with E-state index in [0.29, 0.717) is 12.1 Å². The van der Waals surface area contributed by atoms with Crippen molar-refractivity contribution in [2.75, 3.05) is 25.5 Å². The van der Waals surface area contributed by atoms with Gasteiger partial charge < -0.3 is 10.4 Å². The largest absolute Gasteiger partial charge is 0.481 e. The third-order valence-corrected chi connectivity index (χ3v) is 4.05. The van der Waals surface area contributed by atoms with Crippen LogP contribution in [0, 0.1) is 0 Å². The van der Waals surface area contributed by atoms with Gasteiger partial charge in [-0.05, 0) is 50.6 Å². The zero-order valence-electron chi connectivity index (χ0n) is 12.6. The van der Waals surface area contributed by atoms with E-state index in [-0.39, 0.29) is 18.2 Å². The van der Waals surface area contributed by atoms with Gasteiger partial charge in [-0.15, -0.1) is 0 Å². The summed E-state index contributed by atoms with van der Waals surface area (Å²) in [5.74, 6) is -0.808. The number of aryl methyl sites for hydroxylation is 1. The lowest BCUT2D eigenvalue weighted by Gasteiger charge is -2.24. The maximum absolute atomic E-state index is 12.5. The molecule has 1 aliphatic rings. The Morgan fingerprint density at radius 3 is 2.90 bits per heavy atom. The van der Waals surface area contributed by atoms with Crippen LogP contribution < -0.4 is 5.32 Å². The lowest BCUT2D eigenvalue weighted by molar-refractivity contribution is -0.137. The van der Waals surface area contributed by atoms with E-state index in [0.717, 1.165) is 25.1 Å². The van der Waals surface area contributed by atoms with Crippen molar-refractivity contribution in [3.05, 3.63) is 29.3 Å². The van der Waals surface area contributed by atoms with Crippen LogP contribution >= 0.6 is 0 Å². The monoisotopic (exact) mass is 290 g/mol. The van der Waals surface area contributed by atoms with Crippen LogP contribution in [0.5, 0.6) is 0 Å². The highest BCUT2D eigenvalue weighted by Crippen LogP contribution is 2.23. The Labute approximate surface area is 125 Å². The number of carbonyl (C=O) groups excluding carboxylic acids is 1. The summed E-state index contributed by atoms with van der Waals surface area (Å²) in [6.07, 6.45) is 2.12. The minimum absolute atomic E-state index is 0.0382. The summed E-state index contributed by atoms with van der Waals surface area (Å²) in [6, 6.07) is 5.46. The van der Waals surface area contributed by atoms with Crippen LogP contribution in [0.15, 0.2) is 18.2 Å². The van der Waals surface area contributed by atoms with Gasteiger partial charge in [0, 0.05) is 24.3 Å². The number of anilines is 1. The number of hydrogen-bond acceptors (Lipinski definition) is 4. The van der Waals surface area contributed by atoms with Crippen molar-refractivity contribution in [3.63, 3.8) is 0 Å². The van der Waals surface area contributed by atoms with Gasteiger partial charge in [-0.25, -0.2) is 0 Å². The van der Waals surface area contributed by atoms with Crippen molar-refractivity contribution >= 4 is 17.4 Å². The summed E-state index contributed by atoms with van der Waals surface area (Å²) in [4.78, 5) is 24.9. The normalized spacial score (nSPS) is 15.2. The van der Waals surface area contributed by atoms with Crippen LogP contribution in [0.2, 0.25) is 0 Å². The Balaban J connectivity index is 2.06. The van der Waals surface area contributed by atoms with E-state index in [4.69, 9.17) is 5.11 Å². The van der Waals surface area contributed by atoms with E-state index in [9.17, 15) is 9.59 Å². The first-order valence-electron chi connectivity index (χ1n) is 7.32. The Morgan fingerprint density at radius 2 is 2.19 bits per heavy atom. The first kappa shape index (κ1) is 15.5. The molecule has 0 spiro atoms. The zero-order valence-corrected chi connectivity index (χ0v) is 12.6. The molecule has 1 heterocycles. The Bertz CT molecular complexity index is 542. The fourth-order valence-corrected chi connectivity index (χ4v) is 2.54. The van der Waals surface area contributed by atoms with Gasteiger partial charge in [-0.2, -0.15) is 0 Å². The molecule has 114 valence electrons. The second kappa shape index (κ2) is 6.72. The topological polar surface area (TPSA) is 69.6 Å². The maximum atomic E-state index is 12.5. The lowest BCUT2D eigenvalue weighted by atomic mass is 9.97. The molecule has 5 heteroatoms. The first-order valence-corrected chi connectivity index (χ1v) is 7.32. The third-order valence-electron chi connectivity index (χ3n) is 4.05. The van der Waals surface area contributed by atoms with Gasteiger partial charge in [0.2, 0.25) is 0 Å². The molecule has 0 fully saturated rings. The Morgan fingerprint density at radius 1 is 1.43 bits per heavy atom. The molecule has 0 aromatic heterocycles. The number of Topliss-reactive ketones (excluding diaryl/α,β-unsaturated/α-hetero) is 1. The van der Waals surface area contributed by atoms with E-state index in [2.05, 4.69) is 5.32 Å². The molecule has 0 radical (unpaired) electrons. The number of benzene rings is 1. The van der Waals surface area contributed by atoms with E-state index < -0.39 is 5.97 Å². The van der Waals surface area contributed by atoms with Crippen molar-refractivity contribution in [2.45, 2.75) is 32.2 Å². The van der Waals surface area contributed by atoms with Crippen LogP contribution in [-0.4, -0.2) is 47.9 Å². The number of likely N-dealkylation sites (N-methyl/N-ethyl adjacent to an activating group) is 1. The molecule has 0 aliphatic carbocycles. The number of ketones is 1. The van der Waals surface area contributed by atoms with E-state index in [1.54, 1.807) is 11.9 Å². The minimum atomic E-state index is -0.846. The number of nitrogens with one attached hydrogen (secondary N) is 1. The molecule has 1 aliphatic heterocycles. The van der Waals surface area contributed by atoms with Crippen molar-refractivity contribution < 1.29 is 14.7 Å². The predicted octanol–water partition coefficient (Wildman–Crippen LogP) is 2.02. The number of fused-ring (bicyclic) bond motifs is 1. The van der Waals surface area contributed by atoms with Crippen molar-refractivity contribution in [2.24, 2.45) is 0 Å². The molecule has 2 N–H and O–H groups in total. The molecule has 1 aromatic rings. The van der Waals surface area contributed by atoms with Gasteiger partial charge >= 0.3 is 5.97 Å². The summed E-state index contributed by atoms with van der Waals surface area (Å²) >= 11 is 0. The number of carboxylic acids is 1. The second-order valence-electron chi connectivity index (χ2n) is 5.57. The van der Waals surface area contributed by atoms with Crippen molar-refractivity contribution in [1.82, 2.24) is 4.90 Å².